The quantitative estimate of drug-likeness (QED) is 0.0484. The fourth-order valence-electron chi connectivity index (χ4n) is 19.6. The molecule has 0 atom stereocenters. The minimum Gasteiger partial charge on any atom is -0.486 e. The second kappa shape index (κ2) is 36.2. The van der Waals surface area contributed by atoms with Crippen LogP contribution in [0.4, 0.5) is 49.3 Å². The molecule has 20 rings (SSSR count). The summed E-state index contributed by atoms with van der Waals surface area (Å²) >= 11 is 0. The average molecular weight is 1690 g/mol. The number of anilines is 6. The molecule has 6 aromatic heterocycles. The monoisotopic (exact) mass is 1690 g/mol. The Morgan fingerprint density at radius 3 is 1.26 bits per heavy atom. The number of hydrogen-bond donors (Lipinski definition) is 5. The van der Waals surface area contributed by atoms with Gasteiger partial charge in [-0.1, -0.05) is 0 Å². The highest BCUT2D eigenvalue weighted by molar-refractivity contribution is 6.04. The minimum absolute atomic E-state index is 0.00525. The molecule has 0 radical (unpaired) electrons. The van der Waals surface area contributed by atoms with E-state index in [0.29, 0.717) is 236 Å². The van der Waals surface area contributed by atoms with E-state index in [1.54, 1.807) is 37.8 Å². The van der Waals surface area contributed by atoms with Gasteiger partial charge in [0.1, 0.15) is 87.1 Å². The number of likely N-dealkylation sites (N-methyl/N-ethyl adjacent to an activating group) is 3. The van der Waals surface area contributed by atoms with Gasteiger partial charge in [-0.05, 0) is 232 Å². The summed E-state index contributed by atoms with van der Waals surface area (Å²) in [6, 6.07) is 16.7. The molecule has 6 aromatic rings. The number of amides is 9. The second-order valence-corrected chi connectivity index (χ2v) is 36.1. The molecule has 7 aliphatic heterocycles. The third-order valence-corrected chi connectivity index (χ3v) is 27.4. The number of pyridine rings is 6. The zero-order valence-electron chi connectivity index (χ0n) is 70.6. The summed E-state index contributed by atoms with van der Waals surface area (Å²) in [4.78, 5) is 159. The zero-order valence-corrected chi connectivity index (χ0v) is 70.6. The molecule has 13 heterocycles. The Morgan fingerprint density at radius 1 is 0.476 bits per heavy atom. The van der Waals surface area contributed by atoms with Crippen molar-refractivity contribution >= 4 is 89.6 Å². The zero-order chi connectivity index (χ0) is 86.8. The van der Waals surface area contributed by atoms with E-state index in [2.05, 4.69) is 80.9 Å². The summed E-state index contributed by atoms with van der Waals surface area (Å²) in [6.07, 6.45) is 24.0. The smallest absolute Gasteiger partial charge is 0.328 e. The van der Waals surface area contributed by atoms with E-state index in [0.717, 1.165) is 138 Å². The number of rotatable bonds is 19. The average Bonchev–Trinajstić information content (AvgIpc) is 0.977. The van der Waals surface area contributed by atoms with E-state index in [4.69, 9.17) is 4.74 Å². The highest BCUT2D eigenvalue weighted by Crippen LogP contribution is 2.55. The largest absolute Gasteiger partial charge is 0.486 e. The molecule has 9 amide bonds. The number of likely N-dealkylation sites (tertiary alicyclic amines) is 1. The van der Waals surface area contributed by atoms with Crippen molar-refractivity contribution in [3.8, 4) is 24.0 Å². The van der Waals surface area contributed by atoms with Gasteiger partial charge in [-0.3, -0.25) is 74.1 Å². The van der Waals surface area contributed by atoms with Gasteiger partial charge in [0.15, 0.2) is 18.9 Å². The van der Waals surface area contributed by atoms with Gasteiger partial charge in [-0.25, -0.2) is 44.3 Å². The van der Waals surface area contributed by atoms with Crippen molar-refractivity contribution in [3.05, 3.63) is 133 Å². The first-order chi connectivity index (χ1) is 59.8. The molecule has 34 heteroatoms. The summed E-state index contributed by atoms with van der Waals surface area (Å²) < 4.78 is 6.42. The number of aliphatic hydroxyl groups is 2. The maximum atomic E-state index is 13.5. The SMILES string of the molecule is CN1CC(N2CCN(Cc3cc4c(nc3C=O)N(C(=O)Nc3cc(CC5CC5)c(C#N)cn3)CCC4)C(=O)C2)C1.CN1CCN(Cc2cc3c(nc2C=O)N(C(=O)Nc2cc(CC45CCC(O)(CC4)CC5)c(C#N)cn2)CCC3)C(=O)C1.CN1CCN(Cc2cc3c(nc2C=O)N(C(=O)Nc2cc(OC45CCC(O)(CC4)CC5)c(C#N)cn2)CCC3)C(=O)C1. The molecule has 124 heavy (non-hydrogen) atoms. The number of carbonyl (C=O) groups is 9. The molecule has 5 N–H and O–H groups in total. The van der Waals surface area contributed by atoms with Crippen molar-refractivity contribution in [1.29, 1.82) is 15.8 Å². The number of nitrogens with one attached hydrogen (secondary N) is 3. The number of aldehydes is 3. The number of ether oxygens (including phenoxy) is 1. The van der Waals surface area contributed by atoms with Crippen LogP contribution in [0.5, 0.6) is 5.75 Å². The Balaban J connectivity index is 0.000000138. The molecule has 11 fully saturated rings. The van der Waals surface area contributed by atoms with Crippen LogP contribution in [0, 0.1) is 45.3 Å². The van der Waals surface area contributed by atoms with Gasteiger partial charge in [-0.2, -0.15) is 15.8 Å². The predicted molar refractivity (Wildman–Crippen MR) is 455 cm³/mol. The van der Waals surface area contributed by atoms with Gasteiger partial charge in [0.05, 0.1) is 48.2 Å². The molecule has 648 valence electrons. The number of urea groups is 3. The summed E-state index contributed by atoms with van der Waals surface area (Å²) in [6.45, 7) is 9.43. The van der Waals surface area contributed by atoms with E-state index < -0.39 is 28.9 Å². The lowest BCUT2D eigenvalue weighted by Crippen LogP contribution is -2.63. The van der Waals surface area contributed by atoms with Crippen molar-refractivity contribution in [1.82, 2.24) is 64.2 Å². The van der Waals surface area contributed by atoms with Gasteiger partial charge in [0, 0.05) is 133 Å². The lowest BCUT2D eigenvalue weighted by molar-refractivity contribution is -0.139. The molecule has 0 spiro atoms. The Kier molecular flexibility index (Phi) is 25.0. The van der Waals surface area contributed by atoms with Crippen LogP contribution in [0.2, 0.25) is 0 Å². The molecule has 4 bridgehead atoms. The van der Waals surface area contributed by atoms with Crippen molar-refractivity contribution in [3.63, 3.8) is 0 Å². The highest BCUT2D eigenvalue weighted by atomic mass is 16.5. The Labute approximate surface area is 719 Å². The van der Waals surface area contributed by atoms with Crippen LogP contribution in [-0.2, 0) is 66.1 Å². The number of nitriles is 3. The lowest BCUT2D eigenvalue weighted by atomic mass is 9.57. The summed E-state index contributed by atoms with van der Waals surface area (Å²) in [7, 11) is 5.89. The third kappa shape index (κ3) is 19.0. The number of fused-ring (bicyclic) bond motifs is 9. The topological polar surface area (TPSA) is 421 Å². The van der Waals surface area contributed by atoms with Crippen LogP contribution >= 0.6 is 0 Å². The number of aryl methyl sites for hydroxylation is 3. The van der Waals surface area contributed by atoms with E-state index in [1.165, 1.54) is 28.4 Å². The molecular weight excluding hydrogens is 1580 g/mol. The summed E-state index contributed by atoms with van der Waals surface area (Å²) in [5.41, 5.74) is 6.89. The predicted octanol–water partition coefficient (Wildman–Crippen LogP) is 7.74. The molecule has 7 saturated carbocycles. The van der Waals surface area contributed by atoms with Crippen LogP contribution in [0.1, 0.15) is 202 Å². The first kappa shape index (κ1) is 85.7. The minimum atomic E-state index is -0.605. The maximum absolute atomic E-state index is 13.5. The van der Waals surface area contributed by atoms with E-state index in [9.17, 15) is 69.1 Å². The van der Waals surface area contributed by atoms with E-state index >= 15 is 0 Å². The normalized spacial score (nSPS) is 23.8. The van der Waals surface area contributed by atoms with E-state index in [-0.39, 0.29) is 57.6 Å². The van der Waals surface area contributed by atoms with Crippen molar-refractivity contribution in [2.75, 3.05) is 143 Å². The molecule has 0 aromatic carbocycles. The third-order valence-electron chi connectivity index (χ3n) is 27.4. The van der Waals surface area contributed by atoms with Crippen LogP contribution in [0.15, 0.2) is 55.0 Å². The van der Waals surface area contributed by atoms with Crippen LogP contribution in [-0.4, -0.2) is 265 Å². The number of piperazine rings is 3. The molecule has 4 saturated heterocycles. The molecule has 14 aliphatic rings. The number of aromatic nitrogens is 6. The Bertz CT molecular complexity index is 5070. The van der Waals surface area contributed by atoms with Crippen LogP contribution in [0.3, 0.4) is 0 Å². The van der Waals surface area contributed by atoms with Gasteiger partial charge in [0.25, 0.3) is 0 Å². The van der Waals surface area contributed by atoms with Gasteiger partial charge < -0.3 is 34.5 Å². The maximum Gasteiger partial charge on any atom is 0.328 e. The molecule has 7 aliphatic carbocycles. The van der Waals surface area contributed by atoms with E-state index in [1.807, 2.05) is 42.1 Å². The molecular formula is C90H106N22O12. The van der Waals surface area contributed by atoms with Crippen LogP contribution < -0.4 is 35.4 Å². The lowest BCUT2D eigenvalue weighted by Gasteiger charge is -2.51. The Morgan fingerprint density at radius 2 is 0.863 bits per heavy atom. The molecule has 0 unspecified atom stereocenters. The van der Waals surface area contributed by atoms with Crippen molar-refractivity contribution in [2.24, 2.45) is 11.3 Å². The van der Waals surface area contributed by atoms with Crippen molar-refractivity contribution in [2.45, 2.75) is 184 Å². The number of hydrogen-bond acceptors (Lipinski definition) is 25. The second-order valence-electron chi connectivity index (χ2n) is 36.1. The summed E-state index contributed by atoms with van der Waals surface area (Å²) in [5.74, 6) is 3.35. The standard InChI is InChI=1S/C31H37N7O4.C30H35N7O5.C29H34N8O3/c1-36-11-12-37(27(40)19-36)18-23-13-21-3-2-10-38(28(21)34-25(23)20-39)29(41)35-26-14-22(24(16-32)17-33-26)15-30-4-7-31(42,8-5-30)9-6-30;1-35-11-12-36(26(39)18-35)17-21-13-20-3-2-10-37(27(20)33-23(21)19-38)28(40)34-25-14-24(22(15-31)16-32-25)42-30-7-4-29(41,5-8-30)6-9-30;1-34-15-24(16-34)35-7-8-36(27(39)17-35)14-22-10-20-3-2-6-37(28(20)32-25(22)18-38)29(40)33-26-11-21(9-19-4-5-19)23(12-30)13-31-26/h13-14,17,20,42H,2-12,15,18-19H2,1H3,(H,33,35,41);13-14,16,19,41H,2-12,17-18H2,1H3,(H,32,34,40);10-11,13,18-19,24H,2-9,14-17H2,1H3,(H,31,33,40). The summed E-state index contributed by atoms with van der Waals surface area (Å²) in [5, 5.41) is 58.6. The van der Waals surface area contributed by atoms with Crippen molar-refractivity contribution < 1.29 is 58.1 Å². The first-order valence-corrected chi connectivity index (χ1v) is 43.5. The first-order valence-electron chi connectivity index (χ1n) is 43.5. The van der Waals surface area contributed by atoms with Gasteiger partial charge in [-0.15, -0.1) is 0 Å². The number of nitrogens with zero attached hydrogens (tertiary/aromatic N) is 19. The highest BCUT2D eigenvalue weighted by Gasteiger charge is 2.51. The Hall–Kier alpha value is -11.8. The van der Waals surface area contributed by atoms with Crippen LogP contribution in [0.25, 0.3) is 0 Å². The fourth-order valence-corrected chi connectivity index (χ4v) is 19.6. The fraction of sp³-hybridized carbons (Fsp3) is 0.533. The van der Waals surface area contributed by atoms with Gasteiger partial charge >= 0.3 is 18.1 Å². The van der Waals surface area contributed by atoms with Gasteiger partial charge in [0.2, 0.25) is 17.7 Å². The number of carbonyl (C=O) groups excluding carboxylic acids is 9. The molecule has 34 nitrogen and oxygen atoms in total.